The van der Waals surface area contributed by atoms with Gasteiger partial charge in [0.15, 0.2) is 17.9 Å². The molecule has 1 spiro atoms. The highest BCUT2D eigenvalue weighted by Gasteiger charge is 2.78. The van der Waals surface area contributed by atoms with Crippen LogP contribution < -0.4 is 27.1 Å². The van der Waals surface area contributed by atoms with Crippen LogP contribution in [0.3, 0.4) is 0 Å². The number of rotatable bonds is 4. The van der Waals surface area contributed by atoms with E-state index >= 15 is 0 Å². The van der Waals surface area contributed by atoms with Gasteiger partial charge < -0.3 is 20.1 Å². The van der Waals surface area contributed by atoms with Gasteiger partial charge in [-0.1, -0.05) is 12.1 Å². The highest BCUT2D eigenvalue weighted by Crippen LogP contribution is 2.39. The SMILES string of the molecule is CC(=O)c1ccc(C(=O)O[C@H]2C[N+]3=C(N)N[C@@H](CO)[C@@H]4[NH+]=C(N)N[C@@]43C2(O)O)cc1. The van der Waals surface area contributed by atoms with Crippen LogP contribution >= 0.6 is 0 Å². The van der Waals surface area contributed by atoms with Crippen molar-refractivity contribution in [3.05, 3.63) is 35.4 Å². The fourth-order valence-corrected chi connectivity index (χ4v) is 4.37. The van der Waals surface area contributed by atoms with Crippen LogP contribution in [0.1, 0.15) is 27.6 Å². The molecule has 30 heavy (non-hydrogen) atoms. The van der Waals surface area contributed by atoms with Crippen molar-refractivity contribution in [2.45, 2.75) is 36.6 Å². The molecule has 4 atom stereocenters. The van der Waals surface area contributed by atoms with Crippen LogP contribution in [0.15, 0.2) is 24.3 Å². The van der Waals surface area contributed by atoms with Crippen molar-refractivity contribution in [1.82, 2.24) is 10.6 Å². The van der Waals surface area contributed by atoms with Gasteiger partial charge in [0, 0.05) is 5.56 Å². The molecule has 1 saturated heterocycles. The Hall–Kier alpha value is -3.22. The van der Waals surface area contributed by atoms with E-state index in [1.165, 1.54) is 35.8 Å². The normalized spacial score (nSPS) is 31.2. The summed E-state index contributed by atoms with van der Waals surface area (Å²) in [6, 6.07) is 4.31. The number of benzene rings is 1. The van der Waals surface area contributed by atoms with Gasteiger partial charge in [-0.3, -0.25) is 26.6 Å². The lowest BCUT2D eigenvalue weighted by atomic mass is 9.86. The third kappa shape index (κ3) is 2.65. The number of hydrogen-bond donors (Lipinski definition) is 8. The van der Waals surface area contributed by atoms with E-state index < -0.39 is 35.6 Å². The van der Waals surface area contributed by atoms with E-state index in [9.17, 15) is 24.9 Å². The van der Waals surface area contributed by atoms with Gasteiger partial charge in [0.25, 0.3) is 5.79 Å². The monoisotopic (exact) mass is 420 g/mol. The number of esters is 1. The standard InChI is InChI=1S/C18H22N6O6/c1-8(26)9-2-4-10(5-3-9)14(27)30-12-6-24-16(20)21-11(7-25)13-17(24,18(12,28)29)23-15(19)22-13/h2-5,11-13,25,28-29H,6-7H2,1H3,(H5,19,20,21,22,23)/p+2/t11-,12-,13-,17-/m0/s1. The highest BCUT2D eigenvalue weighted by atomic mass is 16.6. The molecule has 1 aromatic carbocycles. The van der Waals surface area contributed by atoms with Gasteiger partial charge in [0.1, 0.15) is 12.6 Å². The zero-order valence-electron chi connectivity index (χ0n) is 16.1. The fraction of sp³-hybridized carbons (Fsp3) is 0.444. The number of ketones is 1. The summed E-state index contributed by atoms with van der Waals surface area (Å²) in [5.41, 5.74) is 10.8. The molecule has 3 aliphatic heterocycles. The number of ether oxygens (including phenoxy) is 1. The van der Waals surface area contributed by atoms with Crippen molar-refractivity contribution < 1.29 is 39.2 Å². The first-order valence-corrected chi connectivity index (χ1v) is 9.33. The van der Waals surface area contributed by atoms with E-state index in [-0.39, 0.29) is 36.4 Å². The second kappa shape index (κ2) is 6.65. The minimum atomic E-state index is -2.62. The maximum atomic E-state index is 12.6. The van der Waals surface area contributed by atoms with Crippen molar-refractivity contribution >= 4 is 23.7 Å². The van der Waals surface area contributed by atoms with Crippen molar-refractivity contribution in [2.24, 2.45) is 11.5 Å². The number of aliphatic hydroxyl groups excluding tert-OH is 1. The lowest BCUT2D eigenvalue weighted by Gasteiger charge is -2.40. The number of nitrogens with one attached hydrogen (secondary N) is 3. The van der Waals surface area contributed by atoms with Crippen molar-refractivity contribution in [3.63, 3.8) is 0 Å². The number of nitrogens with zero attached hydrogens (tertiary/aromatic N) is 1. The van der Waals surface area contributed by atoms with Crippen LogP contribution in [0.4, 0.5) is 0 Å². The van der Waals surface area contributed by atoms with Crippen molar-refractivity contribution in [3.8, 4) is 0 Å². The number of nitrogens with two attached hydrogens (primary N) is 2. The van der Waals surface area contributed by atoms with Gasteiger partial charge in [-0.15, -0.1) is 0 Å². The Labute approximate surface area is 170 Å². The quantitative estimate of drug-likeness (QED) is 0.101. The molecule has 1 fully saturated rings. The Morgan fingerprint density at radius 2 is 1.90 bits per heavy atom. The van der Waals surface area contributed by atoms with Crippen LogP contribution in [-0.2, 0) is 4.74 Å². The predicted octanol–water partition coefficient (Wildman–Crippen LogP) is -5.54. The summed E-state index contributed by atoms with van der Waals surface area (Å²) in [6.07, 6.45) is -1.40. The van der Waals surface area contributed by atoms with E-state index in [2.05, 4.69) is 15.6 Å². The molecule has 3 heterocycles. The van der Waals surface area contributed by atoms with E-state index in [1.54, 1.807) is 0 Å². The molecule has 3 aliphatic rings. The molecule has 0 saturated carbocycles. The first-order valence-electron chi connectivity index (χ1n) is 9.33. The maximum absolute atomic E-state index is 12.6. The number of carbonyl (C=O) groups excluding carboxylic acids is 2. The number of guanidine groups is 2. The molecule has 0 aliphatic carbocycles. The minimum absolute atomic E-state index is 0.0548. The smallest absolute Gasteiger partial charge is 0.347 e. The van der Waals surface area contributed by atoms with E-state index in [1.807, 2.05) is 0 Å². The Kier molecular flexibility index (Phi) is 4.45. The molecular formula is C18H24N6O6+2. The summed E-state index contributed by atoms with van der Waals surface area (Å²) in [6.45, 7) is 0.884. The van der Waals surface area contributed by atoms with Crippen LogP contribution in [-0.4, -0.2) is 86.4 Å². The van der Waals surface area contributed by atoms with E-state index in [0.29, 0.717) is 5.56 Å². The predicted molar refractivity (Wildman–Crippen MR) is 101 cm³/mol. The van der Waals surface area contributed by atoms with E-state index in [0.717, 1.165) is 0 Å². The molecule has 10 N–H and O–H groups in total. The first-order chi connectivity index (χ1) is 14.1. The van der Waals surface area contributed by atoms with Gasteiger partial charge in [-0.05, 0) is 19.1 Å². The Morgan fingerprint density at radius 1 is 1.27 bits per heavy atom. The summed E-state index contributed by atoms with van der Waals surface area (Å²) in [4.78, 5) is 26.9. The summed E-state index contributed by atoms with van der Waals surface area (Å²) in [5.74, 6) is -3.46. The second-order valence-electron chi connectivity index (χ2n) is 7.61. The largest absolute Gasteiger partial charge is 0.449 e. The zero-order valence-corrected chi connectivity index (χ0v) is 16.1. The summed E-state index contributed by atoms with van der Waals surface area (Å²) in [7, 11) is 0. The molecule has 1 aromatic rings. The van der Waals surface area contributed by atoms with Gasteiger partial charge in [0.2, 0.25) is 0 Å². The highest BCUT2D eigenvalue weighted by molar-refractivity contribution is 5.96. The van der Waals surface area contributed by atoms with Gasteiger partial charge in [-0.2, -0.15) is 0 Å². The lowest BCUT2D eigenvalue weighted by Crippen LogP contribution is -2.91. The van der Waals surface area contributed by atoms with Crippen molar-refractivity contribution in [2.75, 3.05) is 13.2 Å². The van der Waals surface area contributed by atoms with Gasteiger partial charge in [-0.25, -0.2) is 14.7 Å². The molecule has 0 radical (unpaired) electrons. The average molecular weight is 420 g/mol. The molecule has 0 aromatic heterocycles. The topological polar surface area (TPSA) is 197 Å². The first kappa shape index (κ1) is 20.1. The third-order valence-electron chi connectivity index (χ3n) is 5.87. The molecular weight excluding hydrogens is 396 g/mol. The van der Waals surface area contributed by atoms with Crippen LogP contribution in [0.2, 0.25) is 0 Å². The Balaban J connectivity index is 1.65. The van der Waals surface area contributed by atoms with Gasteiger partial charge in [0.05, 0.1) is 12.2 Å². The van der Waals surface area contributed by atoms with Crippen LogP contribution in [0, 0.1) is 0 Å². The maximum Gasteiger partial charge on any atom is 0.347 e. The minimum Gasteiger partial charge on any atom is -0.449 e. The zero-order chi connectivity index (χ0) is 21.8. The number of carbonyl (C=O) groups is 2. The Morgan fingerprint density at radius 3 is 2.50 bits per heavy atom. The van der Waals surface area contributed by atoms with Crippen LogP contribution in [0.5, 0.6) is 0 Å². The number of hydrogen-bond acceptors (Lipinski definition) is 10. The summed E-state index contributed by atoms with van der Waals surface area (Å²) in [5, 5.41) is 37.6. The molecule has 12 nitrogen and oxygen atoms in total. The molecule has 0 bridgehead atoms. The molecule has 4 rings (SSSR count). The second-order valence-corrected chi connectivity index (χ2v) is 7.61. The van der Waals surface area contributed by atoms with Crippen molar-refractivity contribution in [1.29, 1.82) is 0 Å². The summed E-state index contributed by atoms with van der Waals surface area (Å²) < 4.78 is 6.83. The number of Topliss-reactive ketones (excluding diaryl/α,β-unsaturated/α-hetero) is 1. The lowest BCUT2D eigenvalue weighted by molar-refractivity contribution is -0.674. The van der Waals surface area contributed by atoms with Gasteiger partial charge >= 0.3 is 23.6 Å². The van der Waals surface area contributed by atoms with Crippen LogP contribution in [0.25, 0.3) is 0 Å². The Bertz CT molecular complexity index is 974. The molecule has 0 amide bonds. The molecule has 160 valence electrons. The fourth-order valence-electron chi connectivity index (χ4n) is 4.37. The number of aliphatic hydroxyl groups is 3. The molecule has 12 heteroatoms. The molecule has 0 unspecified atom stereocenters. The average Bonchev–Trinajstić information content (AvgIpc) is 3.16. The third-order valence-corrected chi connectivity index (χ3v) is 5.87. The summed E-state index contributed by atoms with van der Waals surface area (Å²) >= 11 is 0. The van der Waals surface area contributed by atoms with E-state index in [4.69, 9.17) is 16.2 Å².